The van der Waals surface area contributed by atoms with Crippen LogP contribution in [0.5, 0.6) is 0 Å². The Morgan fingerprint density at radius 1 is 1.38 bits per heavy atom. The summed E-state index contributed by atoms with van der Waals surface area (Å²) in [7, 11) is 0. The lowest BCUT2D eigenvalue weighted by atomic mass is 10.1. The molecule has 4 nitrogen and oxygen atoms in total. The number of fused-ring (bicyclic) bond motifs is 1. The number of hydrogen-bond acceptors (Lipinski definition) is 5. The molecule has 24 heavy (non-hydrogen) atoms. The normalized spacial score (nSPS) is 11.1. The number of aliphatic hydroxyl groups excluding tert-OH is 1. The molecular weight excluding hydrogens is 340 g/mol. The number of aryl methyl sites for hydroxylation is 1. The van der Waals surface area contributed by atoms with Gasteiger partial charge in [-0.1, -0.05) is 47.7 Å². The summed E-state index contributed by atoms with van der Waals surface area (Å²) in [4.78, 5) is 18.4. The van der Waals surface area contributed by atoms with E-state index in [1.807, 2.05) is 36.6 Å². The summed E-state index contributed by atoms with van der Waals surface area (Å²) in [6.07, 6.45) is 1.69. The minimum atomic E-state index is -0.0582. The lowest BCUT2D eigenvalue weighted by Crippen LogP contribution is -2.22. The van der Waals surface area contributed by atoms with Gasteiger partial charge in [0.2, 0.25) is 0 Å². The van der Waals surface area contributed by atoms with E-state index in [-0.39, 0.29) is 12.2 Å². The van der Waals surface area contributed by atoms with Gasteiger partial charge in [0.1, 0.15) is 4.83 Å². The fraction of sp³-hybridized carbons (Fsp3) is 0.222. The molecule has 0 bridgehead atoms. The van der Waals surface area contributed by atoms with E-state index in [1.165, 1.54) is 28.7 Å². The molecule has 1 aromatic carbocycles. The predicted molar refractivity (Wildman–Crippen MR) is 102 cm³/mol. The summed E-state index contributed by atoms with van der Waals surface area (Å²) in [5, 5.41) is 12.3. The molecule has 0 aliphatic carbocycles. The van der Waals surface area contributed by atoms with E-state index in [1.54, 1.807) is 10.6 Å². The Balaban J connectivity index is 2.21. The van der Waals surface area contributed by atoms with Crippen LogP contribution in [-0.2, 0) is 6.54 Å². The van der Waals surface area contributed by atoms with Crippen LogP contribution in [0.1, 0.15) is 5.56 Å². The maximum atomic E-state index is 13.0. The van der Waals surface area contributed by atoms with Gasteiger partial charge < -0.3 is 5.11 Å². The SMILES string of the molecule is C=CCn1c(SCCO)nc2scc(-c3ccc(C)cc3)c2c1=O. The molecule has 0 unspecified atom stereocenters. The van der Waals surface area contributed by atoms with E-state index in [0.29, 0.717) is 22.8 Å². The molecule has 3 rings (SSSR count). The molecule has 2 aromatic heterocycles. The molecule has 3 aromatic rings. The largest absolute Gasteiger partial charge is 0.396 e. The van der Waals surface area contributed by atoms with E-state index >= 15 is 0 Å². The summed E-state index contributed by atoms with van der Waals surface area (Å²) in [5.41, 5.74) is 3.07. The van der Waals surface area contributed by atoms with Crippen LogP contribution < -0.4 is 5.56 Å². The highest BCUT2D eigenvalue weighted by molar-refractivity contribution is 7.99. The Bertz CT molecular complexity index is 927. The van der Waals surface area contributed by atoms with Crippen molar-refractivity contribution >= 4 is 33.3 Å². The molecule has 0 saturated heterocycles. The predicted octanol–water partition coefficient (Wildman–Crippen LogP) is 3.70. The molecule has 2 heterocycles. The van der Waals surface area contributed by atoms with E-state index in [2.05, 4.69) is 11.6 Å². The number of thiophene rings is 1. The van der Waals surface area contributed by atoms with E-state index < -0.39 is 0 Å². The Morgan fingerprint density at radius 3 is 2.79 bits per heavy atom. The smallest absolute Gasteiger partial charge is 0.263 e. The van der Waals surface area contributed by atoms with Crippen LogP contribution in [0.25, 0.3) is 21.3 Å². The van der Waals surface area contributed by atoms with Gasteiger partial charge in [-0.3, -0.25) is 9.36 Å². The first-order valence-corrected chi connectivity index (χ1v) is 9.46. The van der Waals surface area contributed by atoms with Gasteiger partial charge in [0.05, 0.1) is 12.0 Å². The first-order valence-electron chi connectivity index (χ1n) is 7.59. The van der Waals surface area contributed by atoms with Crippen LogP contribution in [0.2, 0.25) is 0 Å². The summed E-state index contributed by atoms with van der Waals surface area (Å²) in [5.74, 6) is 0.505. The van der Waals surface area contributed by atoms with Gasteiger partial charge in [0, 0.05) is 23.2 Å². The monoisotopic (exact) mass is 358 g/mol. The second-order valence-electron chi connectivity index (χ2n) is 5.37. The van der Waals surface area contributed by atoms with Crippen molar-refractivity contribution in [3.8, 4) is 11.1 Å². The van der Waals surface area contributed by atoms with Crippen molar-refractivity contribution in [2.24, 2.45) is 0 Å². The summed E-state index contributed by atoms with van der Waals surface area (Å²) in [6.45, 7) is 6.22. The first kappa shape index (κ1) is 17.0. The highest BCUT2D eigenvalue weighted by Crippen LogP contribution is 2.32. The van der Waals surface area contributed by atoms with Gasteiger partial charge in [-0.15, -0.1) is 17.9 Å². The van der Waals surface area contributed by atoms with Crippen LogP contribution in [0, 0.1) is 6.92 Å². The quantitative estimate of drug-likeness (QED) is 0.415. The Morgan fingerprint density at radius 2 is 2.12 bits per heavy atom. The van der Waals surface area contributed by atoms with Crippen LogP contribution in [0.3, 0.4) is 0 Å². The number of allylic oxidation sites excluding steroid dienone is 1. The van der Waals surface area contributed by atoms with Gasteiger partial charge in [-0.2, -0.15) is 0 Å². The summed E-state index contributed by atoms with van der Waals surface area (Å²) >= 11 is 2.86. The Hall–Kier alpha value is -1.89. The van der Waals surface area contributed by atoms with E-state index in [4.69, 9.17) is 5.11 Å². The van der Waals surface area contributed by atoms with Crippen LogP contribution in [-0.4, -0.2) is 27.0 Å². The molecule has 0 amide bonds. The summed E-state index contributed by atoms with van der Waals surface area (Å²) < 4.78 is 1.63. The molecular formula is C18H18N2O2S2. The van der Waals surface area contributed by atoms with Gasteiger partial charge >= 0.3 is 0 Å². The van der Waals surface area contributed by atoms with E-state index in [0.717, 1.165) is 16.0 Å². The van der Waals surface area contributed by atoms with E-state index in [9.17, 15) is 4.79 Å². The second kappa shape index (κ2) is 7.34. The van der Waals surface area contributed by atoms with Gasteiger partial charge in [-0.05, 0) is 12.5 Å². The number of benzene rings is 1. The lowest BCUT2D eigenvalue weighted by Gasteiger charge is -2.10. The van der Waals surface area contributed by atoms with Crippen molar-refractivity contribution in [2.75, 3.05) is 12.4 Å². The minimum Gasteiger partial charge on any atom is -0.396 e. The van der Waals surface area contributed by atoms with Crippen LogP contribution in [0.15, 0.2) is 52.3 Å². The number of thioether (sulfide) groups is 1. The average molecular weight is 358 g/mol. The van der Waals surface area contributed by atoms with Crippen molar-refractivity contribution in [3.63, 3.8) is 0 Å². The number of aliphatic hydroxyl groups is 1. The third kappa shape index (κ3) is 3.17. The van der Waals surface area contributed by atoms with Crippen molar-refractivity contribution < 1.29 is 5.11 Å². The molecule has 0 saturated carbocycles. The Labute approximate surface area is 148 Å². The molecule has 0 spiro atoms. The van der Waals surface area contributed by atoms with Crippen molar-refractivity contribution in [1.29, 1.82) is 0 Å². The fourth-order valence-electron chi connectivity index (χ4n) is 2.49. The molecule has 0 aliphatic rings. The van der Waals surface area contributed by atoms with Crippen molar-refractivity contribution in [1.82, 2.24) is 9.55 Å². The first-order chi connectivity index (χ1) is 11.7. The zero-order valence-corrected chi connectivity index (χ0v) is 15.0. The molecule has 0 fully saturated rings. The highest BCUT2D eigenvalue weighted by atomic mass is 32.2. The van der Waals surface area contributed by atoms with Gasteiger partial charge in [0.15, 0.2) is 5.16 Å². The van der Waals surface area contributed by atoms with Crippen molar-refractivity contribution in [3.05, 3.63) is 58.2 Å². The van der Waals surface area contributed by atoms with Crippen LogP contribution in [0.4, 0.5) is 0 Å². The van der Waals surface area contributed by atoms with Crippen LogP contribution >= 0.6 is 23.1 Å². The third-order valence-corrected chi connectivity index (χ3v) is 5.48. The molecule has 124 valence electrons. The third-order valence-electron chi connectivity index (χ3n) is 3.66. The maximum Gasteiger partial charge on any atom is 0.263 e. The topological polar surface area (TPSA) is 55.1 Å². The minimum absolute atomic E-state index is 0.0473. The molecule has 6 heteroatoms. The molecule has 1 N–H and O–H groups in total. The van der Waals surface area contributed by atoms with Crippen molar-refractivity contribution in [2.45, 2.75) is 18.6 Å². The number of aromatic nitrogens is 2. The zero-order valence-electron chi connectivity index (χ0n) is 13.4. The standard InChI is InChI=1S/C18H18N2O2S2/c1-3-8-20-17(22)15-14(13-6-4-12(2)5-7-13)11-24-16(15)19-18(20)23-10-9-21/h3-7,11,21H,1,8-10H2,2H3. The van der Waals surface area contributed by atoms with Gasteiger partial charge in [-0.25, -0.2) is 4.98 Å². The summed E-state index contributed by atoms with van der Waals surface area (Å²) in [6, 6.07) is 8.14. The average Bonchev–Trinajstić information content (AvgIpc) is 3.00. The molecule has 0 atom stereocenters. The highest BCUT2D eigenvalue weighted by Gasteiger charge is 2.16. The van der Waals surface area contributed by atoms with Gasteiger partial charge in [0.25, 0.3) is 5.56 Å². The zero-order chi connectivity index (χ0) is 17.1. The number of rotatable bonds is 6. The second-order valence-corrected chi connectivity index (χ2v) is 7.29. The Kier molecular flexibility index (Phi) is 5.18. The maximum absolute atomic E-state index is 13.0. The fourth-order valence-corrected chi connectivity index (χ4v) is 4.23. The lowest BCUT2D eigenvalue weighted by molar-refractivity contribution is 0.322. The number of hydrogen-bond donors (Lipinski definition) is 1. The number of nitrogens with zero attached hydrogens (tertiary/aromatic N) is 2. The molecule has 0 radical (unpaired) electrons. The molecule has 0 aliphatic heterocycles.